The third-order valence-corrected chi connectivity index (χ3v) is 5.46. The molecule has 1 saturated carbocycles. The highest BCUT2D eigenvalue weighted by Gasteiger charge is 2.37. The van der Waals surface area contributed by atoms with Crippen LogP contribution in [0.25, 0.3) is 0 Å². The molecule has 1 aliphatic heterocycles. The Kier molecular flexibility index (Phi) is 3.73. The van der Waals surface area contributed by atoms with Crippen molar-refractivity contribution in [3.63, 3.8) is 0 Å². The molecule has 2 unspecified atom stereocenters. The van der Waals surface area contributed by atoms with Crippen LogP contribution in [0.15, 0.2) is 12.1 Å². The van der Waals surface area contributed by atoms with Crippen LogP contribution in [0.1, 0.15) is 36.4 Å². The zero-order valence-corrected chi connectivity index (χ0v) is 12.3. The number of hydrogen-bond donors (Lipinski definition) is 1. The van der Waals surface area contributed by atoms with E-state index in [-0.39, 0.29) is 0 Å². The summed E-state index contributed by atoms with van der Waals surface area (Å²) < 4.78 is 0. The second kappa shape index (κ2) is 5.32. The van der Waals surface area contributed by atoms with Gasteiger partial charge in [0.15, 0.2) is 0 Å². The molecule has 0 radical (unpaired) electrons. The lowest BCUT2D eigenvalue weighted by atomic mass is 10.1. The number of rotatable bonds is 4. The molecule has 3 heteroatoms. The largest absolute Gasteiger partial charge is 0.311 e. The lowest BCUT2D eigenvalue weighted by molar-refractivity contribution is 0.113. The van der Waals surface area contributed by atoms with E-state index in [2.05, 4.69) is 36.2 Å². The van der Waals surface area contributed by atoms with Crippen molar-refractivity contribution in [2.45, 2.75) is 51.7 Å². The van der Waals surface area contributed by atoms with Crippen LogP contribution in [0.2, 0.25) is 0 Å². The Morgan fingerprint density at radius 2 is 2.11 bits per heavy atom. The molecule has 18 heavy (non-hydrogen) atoms. The molecule has 2 fully saturated rings. The molecule has 1 aromatic heterocycles. The highest BCUT2D eigenvalue weighted by atomic mass is 32.1. The van der Waals surface area contributed by atoms with Gasteiger partial charge in [-0.25, -0.2) is 0 Å². The minimum Gasteiger partial charge on any atom is -0.311 e. The molecule has 100 valence electrons. The average molecular weight is 264 g/mol. The van der Waals surface area contributed by atoms with E-state index in [9.17, 15) is 0 Å². The molecule has 1 N–H and O–H groups in total. The van der Waals surface area contributed by atoms with Crippen LogP contribution >= 0.6 is 11.3 Å². The lowest BCUT2D eigenvalue weighted by Crippen LogP contribution is -2.55. The Hall–Kier alpha value is -0.380. The monoisotopic (exact) mass is 264 g/mol. The summed E-state index contributed by atoms with van der Waals surface area (Å²) in [5, 5.41) is 3.65. The van der Waals surface area contributed by atoms with Gasteiger partial charge in [0.05, 0.1) is 0 Å². The Morgan fingerprint density at radius 1 is 1.33 bits per heavy atom. The van der Waals surface area contributed by atoms with Gasteiger partial charge in [-0.2, -0.15) is 0 Å². The summed E-state index contributed by atoms with van der Waals surface area (Å²) in [4.78, 5) is 5.80. The molecule has 2 nitrogen and oxygen atoms in total. The maximum atomic E-state index is 3.65. The van der Waals surface area contributed by atoms with Gasteiger partial charge in [-0.05, 0) is 44.2 Å². The summed E-state index contributed by atoms with van der Waals surface area (Å²) in [6.07, 6.45) is 4.07. The van der Waals surface area contributed by atoms with Crippen molar-refractivity contribution in [1.29, 1.82) is 0 Å². The number of piperazine rings is 1. The fourth-order valence-corrected chi connectivity index (χ4v) is 4.01. The highest BCUT2D eigenvalue weighted by molar-refractivity contribution is 7.11. The van der Waals surface area contributed by atoms with Crippen molar-refractivity contribution >= 4 is 11.3 Å². The molecule has 0 spiro atoms. The van der Waals surface area contributed by atoms with Crippen molar-refractivity contribution < 1.29 is 0 Å². The van der Waals surface area contributed by atoms with Crippen LogP contribution in [-0.2, 0) is 13.0 Å². The first-order chi connectivity index (χ1) is 8.76. The van der Waals surface area contributed by atoms with E-state index >= 15 is 0 Å². The van der Waals surface area contributed by atoms with Crippen molar-refractivity contribution in [3.05, 3.63) is 21.9 Å². The first-order valence-corrected chi connectivity index (χ1v) is 8.13. The predicted molar refractivity (Wildman–Crippen MR) is 78.1 cm³/mol. The van der Waals surface area contributed by atoms with E-state index in [0.29, 0.717) is 6.04 Å². The molecule has 2 atom stereocenters. The van der Waals surface area contributed by atoms with E-state index in [1.54, 1.807) is 4.88 Å². The first kappa shape index (κ1) is 12.6. The van der Waals surface area contributed by atoms with Crippen LogP contribution < -0.4 is 5.32 Å². The zero-order chi connectivity index (χ0) is 12.5. The number of thiophene rings is 1. The molecule has 0 bridgehead atoms. The number of hydrogen-bond acceptors (Lipinski definition) is 3. The summed E-state index contributed by atoms with van der Waals surface area (Å²) >= 11 is 2.00. The lowest BCUT2D eigenvalue weighted by Gasteiger charge is -2.39. The van der Waals surface area contributed by atoms with Crippen molar-refractivity contribution in [3.8, 4) is 0 Å². The van der Waals surface area contributed by atoms with Crippen molar-refractivity contribution in [1.82, 2.24) is 10.2 Å². The van der Waals surface area contributed by atoms with E-state index in [4.69, 9.17) is 0 Å². The third-order valence-electron chi connectivity index (χ3n) is 4.24. The fourth-order valence-electron chi connectivity index (χ4n) is 3.03. The molecule has 1 aliphatic carbocycles. The maximum absolute atomic E-state index is 3.65. The molecule has 2 aliphatic rings. The molecule has 1 aromatic rings. The molecular weight excluding hydrogens is 240 g/mol. The standard InChI is InChI=1S/C15H24N2S/c1-3-13-6-7-14(18-13)10-17-9-11(2)16-8-15(17)12-4-5-12/h6-7,11-12,15-16H,3-5,8-10H2,1-2H3. The third kappa shape index (κ3) is 2.79. The van der Waals surface area contributed by atoms with Gasteiger partial charge in [0, 0.05) is 41.5 Å². The predicted octanol–water partition coefficient (Wildman–Crippen LogP) is 2.88. The van der Waals surface area contributed by atoms with Gasteiger partial charge < -0.3 is 5.32 Å². The summed E-state index contributed by atoms with van der Waals surface area (Å²) in [5.41, 5.74) is 0. The number of nitrogens with zero attached hydrogens (tertiary/aromatic N) is 1. The molecular formula is C15H24N2S. The van der Waals surface area contributed by atoms with Gasteiger partial charge in [-0.3, -0.25) is 4.90 Å². The van der Waals surface area contributed by atoms with Gasteiger partial charge >= 0.3 is 0 Å². The van der Waals surface area contributed by atoms with Gasteiger partial charge in [-0.15, -0.1) is 11.3 Å². The van der Waals surface area contributed by atoms with Gasteiger partial charge in [-0.1, -0.05) is 6.92 Å². The Balaban J connectivity index is 1.67. The van der Waals surface area contributed by atoms with Gasteiger partial charge in [0.2, 0.25) is 0 Å². The normalized spacial score (nSPS) is 29.7. The summed E-state index contributed by atoms with van der Waals surface area (Å²) in [5.74, 6) is 0.968. The summed E-state index contributed by atoms with van der Waals surface area (Å²) in [7, 11) is 0. The smallest absolute Gasteiger partial charge is 0.0332 e. The van der Waals surface area contributed by atoms with E-state index in [1.165, 1.54) is 37.2 Å². The summed E-state index contributed by atoms with van der Waals surface area (Å²) in [6, 6.07) is 6.07. The Bertz CT molecular complexity index is 397. The van der Waals surface area contributed by atoms with Crippen LogP contribution in [0.5, 0.6) is 0 Å². The van der Waals surface area contributed by atoms with Crippen LogP contribution in [-0.4, -0.2) is 30.1 Å². The first-order valence-electron chi connectivity index (χ1n) is 7.31. The quantitative estimate of drug-likeness (QED) is 0.899. The van der Waals surface area contributed by atoms with E-state index in [0.717, 1.165) is 18.5 Å². The van der Waals surface area contributed by atoms with Crippen LogP contribution in [0.3, 0.4) is 0 Å². The zero-order valence-electron chi connectivity index (χ0n) is 11.5. The number of nitrogens with one attached hydrogen (secondary N) is 1. The second-order valence-corrected chi connectivity index (χ2v) is 7.12. The second-order valence-electron chi connectivity index (χ2n) is 5.87. The van der Waals surface area contributed by atoms with Crippen molar-refractivity contribution in [2.75, 3.05) is 13.1 Å². The van der Waals surface area contributed by atoms with Gasteiger partial charge in [0.1, 0.15) is 0 Å². The number of aryl methyl sites for hydroxylation is 1. The maximum Gasteiger partial charge on any atom is 0.0332 e. The average Bonchev–Trinajstić information content (AvgIpc) is 3.10. The fraction of sp³-hybridized carbons (Fsp3) is 0.733. The minimum absolute atomic E-state index is 0.644. The van der Waals surface area contributed by atoms with Crippen LogP contribution in [0.4, 0.5) is 0 Å². The Labute approximate surface area is 114 Å². The van der Waals surface area contributed by atoms with Crippen LogP contribution in [0, 0.1) is 5.92 Å². The van der Waals surface area contributed by atoms with Gasteiger partial charge in [0.25, 0.3) is 0 Å². The highest BCUT2D eigenvalue weighted by Crippen LogP contribution is 2.37. The summed E-state index contributed by atoms with van der Waals surface area (Å²) in [6.45, 7) is 8.12. The molecule has 3 rings (SSSR count). The topological polar surface area (TPSA) is 15.3 Å². The SMILES string of the molecule is CCc1ccc(CN2CC(C)NCC2C2CC2)s1. The minimum atomic E-state index is 0.644. The molecule has 1 saturated heterocycles. The molecule has 0 amide bonds. The molecule has 2 heterocycles. The van der Waals surface area contributed by atoms with Crippen molar-refractivity contribution in [2.24, 2.45) is 5.92 Å². The van der Waals surface area contributed by atoms with E-state index < -0.39 is 0 Å². The Morgan fingerprint density at radius 3 is 2.78 bits per heavy atom. The molecule has 0 aromatic carbocycles. The van der Waals surface area contributed by atoms with E-state index in [1.807, 2.05) is 11.3 Å².